The predicted octanol–water partition coefficient (Wildman–Crippen LogP) is 3.00. The predicted molar refractivity (Wildman–Crippen MR) is 95.8 cm³/mol. The third-order valence-corrected chi connectivity index (χ3v) is 3.93. The number of nitrogens with one attached hydrogen (secondary N) is 1. The van der Waals surface area contributed by atoms with Crippen LogP contribution in [0.2, 0.25) is 0 Å². The topological polar surface area (TPSA) is 63.1 Å². The largest absolute Gasteiger partial charge is 0.493 e. The highest BCUT2D eigenvalue weighted by Crippen LogP contribution is 2.32. The van der Waals surface area contributed by atoms with Crippen LogP contribution in [-0.2, 0) is 6.42 Å². The van der Waals surface area contributed by atoms with Crippen LogP contribution in [0.1, 0.15) is 22.3 Å². The minimum atomic E-state index is 0.516. The quantitative estimate of drug-likeness (QED) is 0.466. The van der Waals surface area contributed by atoms with E-state index in [1.54, 1.807) is 14.2 Å². The van der Waals surface area contributed by atoms with Gasteiger partial charge in [-0.2, -0.15) is 0 Å². The molecule has 0 fully saturated rings. The first-order valence-electron chi connectivity index (χ1n) is 7.83. The maximum absolute atomic E-state index is 9.64. The van der Waals surface area contributed by atoms with Crippen LogP contribution in [-0.4, -0.2) is 38.7 Å². The third kappa shape index (κ3) is 3.86. The van der Waals surface area contributed by atoms with Gasteiger partial charge in [-0.3, -0.25) is 0 Å². The standard InChI is InChI=1S/C19H24N2O3/c1-13-5-7-14(8-6-13)19(21-22)16-12-18(24-4)17(23-3)11-15(16)9-10-20-2/h5-8,11-12,20,22H,9-10H2,1-4H3/b21-19-. The molecule has 128 valence electrons. The lowest BCUT2D eigenvalue weighted by molar-refractivity contribution is 0.319. The highest BCUT2D eigenvalue weighted by molar-refractivity contribution is 6.13. The molecule has 0 atom stereocenters. The first-order chi connectivity index (χ1) is 11.6. The first kappa shape index (κ1) is 17.8. The van der Waals surface area contributed by atoms with Gasteiger partial charge in [0.05, 0.1) is 14.2 Å². The summed E-state index contributed by atoms with van der Waals surface area (Å²) in [5.74, 6) is 1.27. The van der Waals surface area contributed by atoms with Crippen molar-refractivity contribution in [2.75, 3.05) is 27.8 Å². The van der Waals surface area contributed by atoms with Crippen molar-refractivity contribution in [3.8, 4) is 11.5 Å². The van der Waals surface area contributed by atoms with Gasteiger partial charge in [-0.25, -0.2) is 0 Å². The Morgan fingerprint density at radius 1 is 1.08 bits per heavy atom. The smallest absolute Gasteiger partial charge is 0.161 e. The zero-order valence-corrected chi connectivity index (χ0v) is 14.6. The van der Waals surface area contributed by atoms with Gasteiger partial charge < -0.3 is 20.0 Å². The fourth-order valence-electron chi connectivity index (χ4n) is 2.59. The maximum Gasteiger partial charge on any atom is 0.161 e. The molecule has 5 nitrogen and oxygen atoms in total. The van der Waals surface area contributed by atoms with Gasteiger partial charge in [-0.15, -0.1) is 0 Å². The molecule has 2 aromatic rings. The Balaban J connectivity index is 2.57. The molecule has 0 amide bonds. The lowest BCUT2D eigenvalue weighted by atomic mass is 9.94. The van der Waals surface area contributed by atoms with Crippen molar-refractivity contribution >= 4 is 5.71 Å². The van der Waals surface area contributed by atoms with Crippen molar-refractivity contribution in [2.45, 2.75) is 13.3 Å². The van der Waals surface area contributed by atoms with E-state index in [2.05, 4.69) is 10.5 Å². The van der Waals surface area contributed by atoms with Gasteiger partial charge in [-0.05, 0) is 44.6 Å². The van der Waals surface area contributed by atoms with E-state index in [1.165, 1.54) is 0 Å². The average Bonchev–Trinajstić information content (AvgIpc) is 2.62. The second kappa shape index (κ2) is 8.36. The number of oxime groups is 1. The van der Waals surface area contributed by atoms with Gasteiger partial charge in [-0.1, -0.05) is 35.0 Å². The molecule has 2 N–H and O–H groups in total. The molecule has 0 aliphatic heterocycles. The molecule has 0 bridgehead atoms. The normalized spacial score (nSPS) is 11.4. The molecule has 0 radical (unpaired) electrons. The van der Waals surface area contributed by atoms with E-state index in [0.717, 1.165) is 35.2 Å². The van der Waals surface area contributed by atoms with E-state index in [1.807, 2.05) is 50.4 Å². The minimum Gasteiger partial charge on any atom is -0.493 e. The summed E-state index contributed by atoms with van der Waals surface area (Å²) in [5, 5.41) is 16.3. The van der Waals surface area contributed by atoms with E-state index in [0.29, 0.717) is 17.2 Å². The number of likely N-dealkylation sites (N-methyl/N-ethyl adjacent to an activating group) is 1. The molecule has 0 heterocycles. The van der Waals surface area contributed by atoms with Gasteiger partial charge >= 0.3 is 0 Å². The number of methoxy groups -OCH3 is 2. The van der Waals surface area contributed by atoms with Crippen molar-refractivity contribution in [3.05, 3.63) is 58.7 Å². The number of hydrogen-bond acceptors (Lipinski definition) is 5. The van der Waals surface area contributed by atoms with Crippen LogP contribution in [0.3, 0.4) is 0 Å². The molecule has 0 aromatic heterocycles. The van der Waals surface area contributed by atoms with Crippen LogP contribution >= 0.6 is 0 Å². The number of ether oxygens (including phenoxy) is 2. The Labute approximate surface area is 142 Å². The van der Waals surface area contributed by atoms with E-state index < -0.39 is 0 Å². The molecule has 0 saturated carbocycles. The van der Waals surface area contributed by atoms with Gasteiger partial charge in [0.2, 0.25) is 0 Å². The minimum absolute atomic E-state index is 0.516. The maximum atomic E-state index is 9.64. The Bertz CT molecular complexity index is 709. The number of nitrogens with zero attached hydrogens (tertiary/aromatic N) is 1. The van der Waals surface area contributed by atoms with Crippen LogP contribution in [0.15, 0.2) is 41.6 Å². The molecule has 0 aliphatic carbocycles. The fraction of sp³-hybridized carbons (Fsp3) is 0.316. The summed E-state index contributed by atoms with van der Waals surface area (Å²) < 4.78 is 10.8. The van der Waals surface area contributed by atoms with Crippen LogP contribution in [0.25, 0.3) is 0 Å². The summed E-state index contributed by atoms with van der Waals surface area (Å²) in [5.41, 5.74) is 4.37. The molecule has 2 rings (SSSR count). The molecule has 5 heteroatoms. The second-order valence-electron chi connectivity index (χ2n) is 5.53. The van der Waals surface area contributed by atoms with Crippen molar-refractivity contribution in [3.63, 3.8) is 0 Å². The highest BCUT2D eigenvalue weighted by atomic mass is 16.5. The van der Waals surface area contributed by atoms with E-state index in [-0.39, 0.29) is 0 Å². The molecular formula is C19H24N2O3. The Morgan fingerprint density at radius 3 is 2.25 bits per heavy atom. The van der Waals surface area contributed by atoms with Gasteiger partial charge in [0.15, 0.2) is 11.5 Å². The van der Waals surface area contributed by atoms with Crippen molar-refractivity contribution in [1.82, 2.24) is 5.32 Å². The first-order valence-corrected chi connectivity index (χ1v) is 7.83. The van der Waals surface area contributed by atoms with Crippen molar-refractivity contribution in [2.24, 2.45) is 5.16 Å². The summed E-state index contributed by atoms with van der Waals surface area (Å²) in [6.45, 7) is 2.82. The zero-order chi connectivity index (χ0) is 17.5. The van der Waals surface area contributed by atoms with Crippen molar-refractivity contribution in [1.29, 1.82) is 0 Å². The van der Waals surface area contributed by atoms with Crippen LogP contribution in [0, 0.1) is 6.92 Å². The SMILES string of the molecule is CNCCc1cc(OC)c(OC)cc1/C(=N\O)c1ccc(C)cc1. The third-order valence-electron chi connectivity index (χ3n) is 3.93. The van der Waals surface area contributed by atoms with E-state index in [9.17, 15) is 5.21 Å². The van der Waals surface area contributed by atoms with Crippen LogP contribution in [0.5, 0.6) is 11.5 Å². The fourth-order valence-corrected chi connectivity index (χ4v) is 2.59. The Kier molecular flexibility index (Phi) is 6.21. The monoisotopic (exact) mass is 328 g/mol. The number of hydrogen-bond donors (Lipinski definition) is 2. The van der Waals surface area contributed by atoms with Gasteiger partial charge in [0.25, 0.3) is 0 Å². The molecule has 0 aliphatic rings. The molecule has 24 heavy (non-hydrogen) atoms. The van der Waals surface area contributed by atoms with E-state index >= 15 is 0 Å². The lowest BCUT2D eigenvalue weighted by Gasteiger charge is -2.16. The molecule has 0 saturated heterocycles. The average molecular weight is 328 g/mol. The van der Waals surface area contributed by atoms with E-state index in [4.69, 9.17) is 9.47 Å². The number of rotatable bonds is 7. The zero-order valence-electron chi connectivity index (χ0n) is 14.6. The number of benzene rings is 2. The molecule has 0 spiro atoms. The molecule has 0 unspecified atom stereocenters. The summed E-state index contributed by atoms with van der Waals surface area (Å²) in [4.78, 5) is 0. The molecule has 2 aromatic carbocycles. The molecular weight excluding hydrogens is 304 g/mol. The summed E-state index contributed by atoms with van der Waals surface area (Å²) in [7, 11) is 5.11. The van der Waals surface area contributed by atoms with Crippen LogP contribution < -0.4 is 14.8 Å². The highest BCUT2D eigenvalue weighted by Gasteiger charge is 2.17. The van der Waals surface area contributed by atoms with Crippen molar-refractivity contribution < 1.29 is 14.7 Å². The summed E-state index contributed by atoms with van der Waals surface area (Å²) in [6, 6.07) is 11.7. The summed E-state index contributed by atoms with van der Waals surface area (Å²) >= 11 is 0. The second-order valence-corrected chi connectivity index (χ2v) is 5.53. The lowest BCUT2D eigenvalue weighted by Crippen LogP contribution is -2.14. The van der Waals surface area contributed by atoms with Gasteiger partial charge in [0, 0.05) is 11.1 Å². The number of aryl methyl sites for hydroxylation is 1. The van der Waals surface area contributed by atoms with Crippen LogP contribution in [0.4, 0.5) is 0 Å². The Hall–Kier alpha value is -2.53. The van der Waals surface area contributed by atoms with Gasteiger partial charge in [0.1, 0.15) is 5.71 Å². The Morgan fingerprint density at radius 2 is 1.71 bits per heavy atom. The summed E-state index contributed by atoms with van der Waals surface area (Å²) in [6.07, 6.45) is 0.775.